The molecular weight excluding hydrogens is 168 g/mol. The maximum Gasteiger partial charge on any atom is 0.320 e. The molecule has 0 spiro atoms. The van der Waals surface area contributed by atoms with Gasteiger partial charge in [-0.05, 0) is 11.8 Å². The molecular formula is C9H16N2O2. The van der Waals surface area contributed by atoms with Crippen molar-refractivity contribution in [2.24, 2.45) is 17.1 Å². The van der Waals surface area contributed by atoms with Crippen LogP contribution in [0.3, 0.4) is 0 Å². The second kappa shape index (κ2) is 4.24. The summed E-state index contributed by atoms with van der Waals surface area (Å²) in [6, 6.07) is 1.14. The minimum Gasteiger partial charge on any atom is -0.480 e. The molecule has 1 unspecified atom stereocenters. The molecule has 0 aromatic heterocycles. The molecule has 0 saturated heterocycles. The molecule has 0 heterocycles. The van der Waals surface area contributed by atoms with E-state index in [4.69, 9.17) is 16.1 Å². The molecule has 13 heavy (non-hydrogen) atoms. The van der Waals surface area contributed by atoms with Gasteiger partial charge < -0.3 is 10.8 Å². The van der Waals surface area contributed by atoms with Crippen molar-refractivity contribution in [3.05, 3.63) is 0 Å². The number of nitrogens with two attached hydrogens (primary N) is 1. The van der Waals surface area contributed by atoms with Crippen molar-refractivity contribution >= 4 is 5.97 Å². The van der Waals surface area contributed by atoms with E-state index in [2.05, 4.69) is 6.07 Å². The summed E-state index contributed by atoms with van der Waals surface area (Å²) in [5.74, 6) is -1.37. The molecule has 0 aliphatic carbocycles. The summed E-state index contributed by atoms with van der Waals surface area (Å²) in [6.45, 7) is 5.69. The van der Waals surface area contributed by atoms with E-state index in [0.29, 0.717) is 0 Å². The van der Waals surface area contributed by atoms with Gasteiger partial charge in [0, 0.05) is 0 Å². The summed E-state index contributed by atoms with van der Waals surface area (Å²) in [5, 5.41) is 17.4. The molecule has 0 fully saturated rings. The van der Waals surface area contributed by atoms with Crippen LogP contribution in [-0.2, 0) is 4.79 Å². The fourth-order valence-corrected chi connectivity index (χ4v) is 0.955. The summed E-state index contributed by atoms with van der Waals surface area (Å²) in [7, 11) is 0. The van der Waals surface area contributed by atoms with Crippen LogP contribution in [0.2, 0.25) is 0 Å². The Morgan fingerprint density at radius 2 is 2.08 bits per heavy atom. The maximum atomic E-state index is 10.4. The van der Waals surface area contributed by atoms with E-state index in [9.17, 15) is 4.79 Å². The third-order valence-corrected chi connectivity index (χ3v) is 2.01. The predicted molar refractivity (Wildman–Crippen MR) is 48.8 cm³/mol. The standard InChI is InChI=1S/C9H16N2O2/c1-9(2,3)6(5-10)4-7(11)8(12)13/h6-7H,4,11H2,1-3H3,(H,12,13)/t6?,7-/m1/s1. The van der Waals surface area contributed by atoms with E-state index in [1.165, 1.54) is 0 Å². The zero-order valence-electron chi connectivity index (χ0n) is 8.24. The van der Waals surface area contributed by atoms with Crippen LogP contribution in [0.25, 0.3) is 0 Å². The lowest BCUT2D eigenvalue weighted by Gasteiger charge is -2.25. The predicted octanol–water partition coefficient (Wildman–Crippen LogP) is 0.974. The smallest absolute Gasteiger partial charge is 0.320 e. The highest BCUT2D eigenvalue weighted by Gasteiger charge is 2.28. The highest BCUT2D eigenvalue weighted by atomic mass is 16.4. The van der Waals surface area contributed by atoms with Gasteiger partial charge in [-0.25, -0.2) is 0 Å². The third kappa shape index (κ3) is 3.90. The first kappa shape index (κ1) is 11.9. The van der Waals surface area contributed by atoms with Gasteiger partial charge >= 0.3 is 5.97 Å². The Morgan fingerprint density at radius 1 is 1.62 bits per heavy atom. The molecule has 74 valence electrons. The van der Waals surface area contributed by atoms with Crippen molar-refractivity contribution < 1.29 is 9.90 Å². The number of carboxylic acid groups (broad SMARTS) is 1. The van der Waals surface area contributed by atoms with Crippen LogP contribution in [0, 0.1) is 22.7 Å². The molecule has 0 saturated carbocycles. The average molecular weight is 184 g/mol. The lowest BCUT2D eigenvalue weighted by atomic mass is 9.78. The molecule has 0 radical (unpaired) electrons. The average Bonchev–Trinajstić information content (AvgIpc) is 1.96. The van der Waals surface area contributed by atoms with E-state index in [1.807, 2.05) is 20.8 Å². The largest absolute Gasteiger partial charge is 0.480 e. The SMILES string of the molecule is CC(C)(C)C(C#N)C[C@@H](N)C(=O)O. The zero-order chi connectivity index (χ0) is 10.6. The first-order chi connectivity index (χ1) is 5.79. The van der Waals surface area contributed by atoms with Crippen LogP contribution < -0.4 is 5.73 Å². The van der Waals surface area contributed by atoms with Gasteiger partial charge in [0.15, 0.2) is 0 Å². The number of nitriles is 1. The van der Waals surface area contributed by atoms with Gasteiger partial charge in [0.25, 0.3) is 0 Å². The Balaban J connectivity index is 4.33. The molecule has 0 bridgehead atoms. The van der Waals surface area contributed by atoms with Crippen molar-refractivity contribution in [1.82, 2.24) is 0 Å². The molecule has 0 aliphatic rings. The molecule has 0 aliphatic heterocycles. The van der Waals surface area contributed by atoms with E-state index < -0.39 is 12.0 Å². The Hall–Kier alpha value is -1.08. The molecule has 3 N–H and O–H groups in total. The Morgan fingerprint density at radius 3 is 2.31 bits per heavy atom. The highest BCUT2D eigenvalue weighted by molar-refractivity contribution is 5.73. The van der Waals surface area contributed by atoms with Crippen molar-refractivity contribution in [1.29, 1.82) is 5.26 Å². The van der Waals surface area contributed by atoms with Gasteiger partial charge in [0.05, 0.1) is 12.0 Å². The van der Waals surface area contributed by atoms with Gasteiger partial charge in [-0.1, -0.05) is 20.8 Å². The number of nitrogens with zero attached hydrogens (tertiary/aromatic N) is 1. The lowest BCUT2D eigenvalue weighted by molar-refractivity contribution is -0.139. The number of carbonyl (C=O) groups is 1. The van der Waals surface area contributed by atoms with Gasteiger partial charge in [0.1, 0.15) is 6.04 Å². The Labute approximate surface area is 78.3 Å². The van der Waals surface area contributed by atoms with Gasteiger partial charge in [-0.2, -0.15) is 5.26 Å². The minimum absolute atomic E-state index is 0.204. The fourth-order valence-electron chi connectivity index (χ4n) is 0.955. The molecule has 4 nitrogen and oxygen atoms in total. The third-order valence-electron chi connectivity index (χ3n) is 2.01. The first-order valence-electron chi connectivity index (χ1n) is 4.17. The normalized spacial score (nSPS) is 15.9. The van der Waals surface area contributed by atoms with Crippen LogP contribution in [-0.4, -0.2) is 17.1 Å². The van der Waals surface area contributed by atoms with Crippen LogP contribution in [0.1, 0.15) is 27.2 Å². The molecule has 2 atom stereocenters. The monoisotopic (exact) mass is 184 g/mol. The Bertz CT molecular complexity index is 225. The molecule has 0 aromatic carbocycles. The zero-order valence-corrected chi connectivity index (χ0v) is 8.24. The van der Waals surface area contributed by atoms with Crippen molar-refractivity contribution in [2.75, 3.05) is 0 Å². The van der Waals surface area contributed by atoms with Crippen LogP contribution in [0.5, 0.6) is 0 Å². The van der Waals surface area contributed by atoms with Gasteiger partial charge in [-0.15, -0.1) is 0 Å². The number of carboxylic acids is 1. The molecule has 0 aromatic rings. The second-order valence-corrected chi connectivity index (χ2v) is 4.23. The quantitative estimate of drug-likeness (QED) is 0.684. The topological polar surface area (TPSA) is 87.1 Å². The van der Waals surface area contributed by atoms with Crippen LogP contribution in [0.15, 0.2) is 0 Å². The highest BCUT2D eigenvalue weighted by Crippen LogP contribution is 2.28. The van der Waals surface area contributed by atoms with Crippen molar-refractivity contribution in [3.8, 4) is 6.07 Å². The molecule has 0 rings (SSSR count). The number of rotatable bonds is 3. The second-order valence-electron chi connectivity index (χ2n) is 4.23. The van der Waals surface area contributed by atoms with Gasteiger partial charge in [-0.3, -0.25) is 4.79 Å². The fraction of sp³-hybridized carbons (Fsp3) is 0.778. The summed E-state index contributed by atoms with van der Waals surface area (Å²) in [5.41, 5.74) is 5.12. The van der Waals surface area contributed by atoms with E-state index in [1.54, 1.807) is 0 Å². The summed E-state index contributed by atoms with van der Waals surface area (Å²) in [6.07, 6.45) is 0.204. The number of hydrogen-bond donors (Lipinski definition) is 2. The molecule has 4 heteroatoms. The van der Waals surface area contributed by atoms with E-state index in [0.717, 1.165) is 0 Å². The summed E-state index contributed by atoms with van der Waals surface area (Å²) < 4.78 is 0. The van der Waals surface area contributed by atoms with E-state index >= 15 is 0 Å². The Kier molecular flexibility index (Phi) is 3.89. The van der Waals surface area contributed by atoms with E-state index in [-0.39, 0.29) is 17.8 Å². The van der Waals surface area contributed by atoms with Crippen molar-refractivity contribution in [3.63, 3.8) is 0 Å². The lowest BCUT2D eigenvalue weighted by Crippen LogP contribution is -2.35. The van der Waals surface area contributed by atoms with Crippen molar-refractivity contribution in [2.45, 2.75) is 33.2 Å². The van der Waals surface area contributed by atoms with Crippen LogP contribution >= 0.6 is 0 Å². The maximum absolute atomic E-state index is 10.4. The minimum atomic E-state index is -1.05. The summed E-state index contributed by atoms with van der Waals surface area (Å²) in [4.78, 5) is 10.4. The van der Waals surface area contributed by atoms with Gasteiger partial charge in [0.2, 0.25) is 0 Å². The molecule has 0 amide bonds. The number of aliphatic carboxylic acids is 1. The number of hydrogen-bond acceptors (Lipinski definition) is 3. The summed E-state index contributed by atoms with van der Waals surface area (Å²) >= 11 is 0. The first-order valence-corrected chi connectivity index (χ1v) is 4.17. The van der Waals surface area contributed by atoms with Crippen LogP contribution in [0.4, 0.5) is 0 Å².